The Balaban J connectivity index is 1.51. The van der Waals surface area contributed by atoms with Crippen LogP contribution < -0.4 is 10.2 Å². The minimum atomic E-state index is -0.279. The number of rotatable bonds is 8. The fraction of sp³-hybridized carbons (Fsp3) is 0.423. The van der Waals surface area contributed by atoms with E-state index in [9.17, 15) is 14.9 Å². The third-order valence-corrected chi connectivity index (χ3v) is 6.27. The van der Waals surface area contributed by atoms with Crippen molar-refractivity contribution >= 4 is 29.4 Å². The first kappa shape index (κ1) is 24.4. The van der Waals surface area contributed by atoms with E-state index in [2.05, 4.69) is 21.3 Å². The normalized spacial score (nSPS) is 17.9. The summed E-state index contributed by atoms with van der Waals surface area (Å²) in [5.74, 6) is 0.689. The second-order valence-corrected chi connectivity index (χ2v) is 8.91. The number of nitrogens with zero attached hydrogens (tertiary/aromatic N) is 5. The monoisotopic (exact) mass is 474 g/mol. The quantitative estimate of drug-likeness (QED) is 0.586. The third-order valence-electron chi connectivity index (χ3n) is 6.27. The van der Waals surface area contributed by atoms with E-state index in [1.54, 1.807) is 31.6 Å². The molecule has 9 nitrogen and oxygen atoms in total. The van der Waals surface area contributed by atoms with Crippen molar-refractivity contribution in [3.05, 3.63) is 53.5 Å². The molecule has 2 fully saturated rings. The Morgan fingerprint density at radius 2 is 2.06 bits per heavy atom. The van der Waals surface area contributed by atoms with Gasteiger partial charge in [0.2, 0.25) is 11.8 Å². The zero-order chi connectivity index (χ0) is 24.8. The lowest BCUT2D eigenvalue weighted by atomic mass is 10.1. The van der Waals surface area contributed by atoms with Gasteiger partial charge in [-0.05, 0) is 49.6 Å². The van der Waals surface area contributed by atoms with Crippen LogP contribution in [0.3, 0.4) is 0 Å². The Hall–Kier alpha value is -3.77. The fourth-order valence-corrected chi connectivity index (χ4v) is 4.28. The number of methoxy groups -OCH3 is 1. The minimum absolute atomic E-state index is 0.0106. The molecule has 0 spiro atoms. The maximum atomic E-state index is 12.6. The van der Waals surface area contributed by atoms with Crippen LogP contribution in [0, 0.1) is 11.3 Å². The van der Waals surface area contributed by atoms with Crippen LogP contribution in [0.4, 0.5) is 11.5 Å². The van der Waals surface area contributed by atoms with Crippen LogP contribution in [0.15, 0.2) is 36.7 Å². The number of anilines is 2. The van der Waals surface area contributed by atoms with E-state index in [1.807, 2.05) is 24.0 Å². The largest absolute Gasteiger partial charge is 0.384 e. The van der Waals surface area contributed by atoms with E-state index in [0.717, 1.165) is 24.1 Å². The number of pyridine rings is 2. The first-order chi connectivity index (χ1) is 17.0. The smallest absolute Gasteiger partial charge is 0.248 e. The Morgan fingerprint density at radius 1 is 1.29 bits per heavy atom. The molecule has 2 aromatic heterocycles. The molecular formula is C26H30N6O3. The first-order valence-corrected chi connectivity index (χ1v) is 11.9. The number of amides is 2. The second kappa shape index (κ2) is 11.1. The topological polar surface area (TPSA) is 111 Å². The molecule has 182 valence electrons. The summed E-state index contributed by atoms with van der Waals surface area (Å²) in [6, 6.07) is 7.60. The summed E-state index contributed by atoms with van der Waals surface area (Å²) in [6.45, 7) is 4.16. The summed E-state index contributed by atoms with van der Waals surface area (Å²) in [4.78, 5) is 37.9. The van der Waals surface area contributed by atoms with Gasteiger partial charge in [0.05, 0.1) is 30.0 Å². The van der Waals surface area contributed by atoms with Gasteiger partial charge in [-0.15, -0.1) is 0 Å². The van der Waals surface area contributed by atoms with Crippen molar-refractivity contribution in [2.24, 2.45) is 0 Å². The summed E-state index contributed by atoms with van der Waals surface area (Å²) in [5.41, 5.74) is 2.68. The molecule has 1 atom stereocenters. The number of nitriles is 1. The number of carbonyl (C=O) groups is 2. The molecule has 2 aliphatic rings. The highest BCUT2D eigenvalue weighted by Gasteiger charge is 2.33. The summed E-state index contributed by atoms with van der Waals surface area (Å²) < 4.78 is 5.04. The van der Waals surface area contributed by atoms with Gasteiger partial charge in [-0.1, -0.05) is 0 Å². The number of nitrogens with one attached hydrogen (secondary N) is 1. The molecule has 0 bridgehead atoms. The maximum Gasteiger partial charge on any atom is 0.248 e. The minimum Gasteiger partial charge on any atom is -0.384 e. The van der Waals surface area contributed by atoms with Crippen LogP contribution in [-0.4, -0.2) is 66.1 Å². The average molecular weight is 475 g/mol. The van der Waals surface area contributed by atoms with Gasteiger partial charge in [0.15, 0.2) is 0 Å². The van der Waals surface area contributed by atoms with E-state index < -0.39 is 0 Å². The van der Waals surface area contributed by atoms with E-state index in [1.165, 1.54) is 6.08 Å². The highest BCUT2D eigenvalue weighted by atomic mass is 16.5. The Morgan fingerprint density at radius 3 is 2.71 bits per heavy atom. The molecule has 0 aromatic carbocycles. The van der Waals surface area contributed by atoms with Crippen molar-refractivity contribution < 1.29 is 14.3 Å². The number of hydrogen-bond acceptors (Lipinski definition) is 7. The number of aromatic nitrogens is 2. The van der Waals surface area contributed by atoms with Gasteiger partial charge in [-0.2, -0.15) is 5.26 Å². The standard InChI is InChI=1S/C26H30N6O3/c1-18-17-31(12-13-32(18)24(34)9-14-35-2)26-21(16-27)15-22(25(30-26)20-4-5-20)29-23(33)6-3-19-7-10-28-11-8-19/h3,6-8,10-11,15,18,20H,4-5,9,12-14,17H2,1-2H3,(H,29,33)/t18-/m1/s1. The predicted molar refractivity (Wildman–Crippen MR) is 133 cm³/mol. The van der Waals surface area contributed by atoms with Crippen LogP contribution in [-0.2, 0) is 14.3 Å². The zero-order valence-electron chi connectivity index (χ0n) is 20.1. The van der Waals surface area contributed by atoms with Gasteiger partial charge in [-0.25, -0.2) is 4.98 Å². The summed E-state index contributed by atoms with van der Waals surface area (Å²) in [7, 11) is 1.59. The Kier molecular flexibility index (Phi) is 7.73. The van der Waals surface area contributed by atoms with Crippen molar-refractivity contribution in [1.29, 1.82) is 5.26 Å². The van der Waals surface area contributed by atoms with Crippen molar-refractivity contribution in [2.75, 3.05) is 43.6 Å². The fourth-order valence-electron chi connectivity index (χ4n) is 4.28. The molecule has 9 heteroatoms. The number of hydrogen-bond donors (Lipinski definition) is 1. The molecule has 1 aliphatic heterocycles. The van der Waals surface area contributed by atoms with Crippen LogP contribution in [0.2, 0.25) is 0 Å². The Labute approximate surface area is 205 Å². The molecule has 3 heterocycles. The summed E-state index contributed by atoms with van der Waals surface area (Å²) in [6.07, 6.45) is 8.89. The van der Waals surface area contributed by atoms with Crippen LogP contribution in [0.1, 0.15) is 48.9 Å². The van der Waals surface area contributed by atoms with Gasteiger partial charge in [0.25, 0.3) is 0 Å². The highest BCUT2D eigenvalue weighted by Crippen LogP contribution is 2.44. The van der Waals surface area contributed by atoms with Crippen molar-refractivity contribution in [2.45, 2.75) is 38.1 Å². The first-order valence-electron chi connectivity index (χ1n) is 11.9. The van der Waals surface area contributed by atoms with Crippen molar-refractivity contribution in [3.63, 3.8) is 0 Å². The van der Waals surface area contributed by atoms with Gasteiger partial charge in [0, 0.05) is 57.2 Å². The molecular weight excluding hydrogens is 444 g/mol. The average Bonchev–Trinajstić information content (AvgIpc) is 3.72. The van der Waals surface area contributed by atoms with Gasteiger partial charge in [-0.3, -0.25) is 14.6 Å². The molecule has 1 aliphatic carbocycles. The summed E-state index contributed by atoms with van der Waals surface area (Å²) in [5, 5.41) is 12.8. The zero-order valence-corrected chi connectivity index (χ0v) is 20.1. The molecule has 1 saturated carbocycles. The van der Waals surface area contributed by atoms with Crippen LogP contribution >= 0.6 is 0 Å². The van der Waals surface area contributed by atoms with Crippen molar-refractivity contribution in [3.8, 4) is 6.07 Å². The van der Waals surface area contributed by atoms with E-state index >= 15 is 0 Å². The molecule has 0 unspecified atom stereocenters. The predicted octanol–water partition coefficient (Wildman–Crippen LogP) is 2.95. The van der Waals surface area contributed by atoms with Gasteiger partial charge < -0.3 is 19.9 Å². The number of carbonyl (C=O) groups excluding carboxylic acids is 2. The maximum absolute atomic E-state index is 12.6. The lowest BCUT2D eigenvalue weighted by molar-refractivity contribution is -0.134. The van der Waals surface area contributed by atoms with Gasteiger partial charge in [0.1, 0.15) is 11.9 Å². The molecule has 1 saturated heterocycles. The Bertz CT molecular complexity index is 1140. The number of piperazine rings is 1. The molecule has 4 rings (SSSR count). The van der Waals surface area contributed by atoms with E-state index in [-0.39, 0.29) is 23.8 Å². The molecule has 2 amide bonds. The third kappa shape index (κ3) is 6.03. The lowest BCUT2D eigenvalue weighted by Gasteiger charge is -2.41. The van der Waals surface area contributed by atoms with Gasteiger partial charge >= 0.3 is 0 Å². The SMILES string of the molecule is COCCC(=O)N1CCN(c2nc(C3CC3)c(NC(=O)C=Cc3ccncc3)cc2C#N)C[C@H]1C. The van der Waals surface area contributed by atoms with E-state index in [0.29, 0.717) is 49.7 Å². The van der Waals surface area contributed by atoms with Crippen LogP contribution in [0.25, 0.3) is 6.08 Å². The van der Waals surface area contributed by atoms with Crippen molar-refractivity contribution in [1.82, 2.24) is 14.9 Å². The second-order valence-electron chi connectivity index (χ2n) is 8.91. The summed E-state index contributed by atoms with van der Waals surface area (Å²) >= 11 is 0. The molecule has 1 N–H and O–H groups in total. The van der Waals surface area contributed by atoms with E-state index in [4.69, 9.17) is 9.72 Å². The molecule has 35 heavy (non-hydrogen) atoms. The molecule has 2 aromatic rings. The lowest BCUT2D eigenvalue weighted by Crippen LogP contribution is -2.54. The van der Waals surface area contributed by atoms with Crippen LogP contribution in [0.5, 0.6) is 0 Å². The highest BCUT2D eigenvalue weighted by molar-refractivity contribution is 6.02. The molecule has 0 radical (unpaired) electrons. The number of ether oxygens (including phenoxy) is 1.